The largest absolute Gasteiger partial charge is 0.480 e. The predicted octanol–water partition coefficient (Wildman–Crippen LogP) is 2.24. The van der Waals surface area contributed by atoms with Crippen molar-refractivity contribution in [2.45, 2.75) is 24.8 Å². The van der Waals surface area contributed by atoms with Crippen molar-refractivity contribution in [2.24, 2.45) is 0 Å². The Kier molecular flexibility index (Phi) is 4.99. The second-order valence-electron chi connectivity index (χ2n) is 4.11. The molecular weight excluding hydrogens is 322 g/mol. The van der Waals surface area contributed by atoms with Gasteiger partial charge in [-0.05, 0) is 12.1 Å². The first-order valence-electron chi connectivity index (χ1n) is 5.54. The van der Waals surface area contributed by atoms with E-state index in [4.69, 9.17) is 5.11 Å². The lowest BCUT2D eigenvalue weighted by Crippen LogP contribution is -2.43. The van der Waals surface area contributed by atoms with Crippen molar-refractivity contribution in [1.82, 2.24) is 10.3 Å². The van der Waals surface area contributed by atoms with Crippen molar-refractivity contribution in [2.75, 3.05) is 0 Å². The quantitative estimate of drug-likeness (QED) is 0.830. The predicted molar refractivity (Wildman–Crippen MR) is 58.8 cm³/mol. The molecule has 11 heteroatoms. The summed E-state index contributed by atoms with van der Waals surface area (Å²) in [6, 6.07) is -1.12. The van der Waals surface area contributed by atoms with Gasteiger partial charge in [-0.15, -0.1) is 0 Å². The maximum Gasteiger partial charge on any atom is 0.433 e. The van der Waals surface area contributed by atoms with E-state index in [1.54, 1.807) is 5.32 Å². The highest BCUT2D eigenvalue weighted by Crippen LogP contribution is 2.27. The van der Waals surface area contributed by atoms with Gasteiger partial charge in [0.15, 0.2) is 0 Å². The van der Waals surface area contributed by atoms with Crippen LogP contribution in [0.3, 0.4) is 0 Å². The maximum absolute atomic E-state index is 12.3. The molecule has 0 fully saturated rings. The molecule has 1 atom stereocenters. The van der Waals surface area contributed by atoms with Crippen molar-refractivity contribution < 1.29 is 41.0 Å². The Balaban J connectivity index is 2.85. The Bertz CT molecular complexity index is 552. The summed E-state index contributed by atoms with van der Waals surface area (Å²) < 4.78 is 73.2. The van der Waals surface area contributed by atoms with E-state index in [9.17, 15) is 35.9 Å². The summed E-state index contributed by atoms with van der Waals surface area (Å²) in [4.78, 5) is 25.1. The molecule has 1 aromatic rings. The summed E-state index contributed by atoms with van der Waals surface area (Å²) in [6.45, 7) is 0. The first-order chi connectivity index (χ1) is 9.90. The number of carboxylic acids is 1. The number of hydrogen-bond acceptors (Lipinski definition) is 3. The molecular formula is C11H8F6N2O3. The smallest absolute Gasteiger partial charge is 0.433 e. The Morgan fingerprint density at radius 1 is 1.18 bits per heavy atom. The van der Waals surface area contributed by atoms with Gasteiger partial charge in [0.25, 0.3) is 5.91 Å². The third-order valence-corrected chi connectivity index (χ3v) is 2.36. The van der Waals surface area contributed by atoms with Crippen LogP contribution >= 0.6 is 0 Å². The molecule has 0 aromatic carbocycles. The van der Waals surface area contributed by atoms with Crippen LogP contribution in [-0.2, 0) is 11.0 Å². The van der Waals surface area contributed by atoms with Gasteiger partial charge in [-0.1, -0.05) is 0 Å². The van der Waals surface area contributed by atoms with Gasteiger partial charge in [-0.3, -0.25) is 9.78 Å². The molecule has 0 spiro atoms. The number of amides is 1. The lowest BCUT2D eigenvalue weighted by atomic mass is 10.1. The van der Waals surface area contributed by atoms with Crippen molar-refractivity contribution >= 4 is 11.9 Å². The summed E-state index contributed by atoms with van der Waals surface area (Å²) in [5, 5.41) is 10.2. The second-order valence-corrected chi connectivity index (χ2v) is 4.11. The standard InChI is InChI=1S/C11H8F6N2O3/c12-10(13,14)3-6(9(21)22)19-8(20)5-1-2-7(18-4-5)11(15,16)17/h1-2,4,6H,3H2,(H,19,20)(H,21,22). The van der Waals surface area contributed by atoms with Crippen LogP contribution in [0.1, 0.15) is 22.5 Å². The molecule has 0 bridgehead atoms. The minimum Gasteiger partial charge on any atom is -0.480 e. The summed E-state index contributed by atoms with van der Waals surface area (Å²) in [5.74, 6) is -3.21. The normalized spacial score (nSPS) is 13.5. The molecule has 0 radical (unpaired) electrons. The van der Waals surface area contributed by atoms with E-state index in [2.05, 4.69) is 4.98 Å². The highest BCUT2D eigenvalue weighted by atomic mass is 19.4. The molecule has 1 amide bonds. The van der Waals surface area contributed by atoms with Gasteiger partial charge in [0.1, 0.15) is 11.7 Å². The summed E-state index contributed by atoms with van der Waals surface area (Å²) in [6.07, 6.45) is -10.9. The molecule has 122 valence electrons. The van der Waals surface area contributed by atoms with Crippen molar-refractivity contribution in [3.63, 3.8) is 0 Å². The number of carbonyl (C=O) groups is 2. The fraction of sp³-hybridized carbons (Fsp3) is 0.364. The van der Waals surface area contributed by atoms with E-state index in [1.807, 2.05) is 0 Å². The minimum atomic E-state index is -4.84. The number of halogens is 6. The SMILES string of the molecule is O=C(NC(CC(F)(F)F)C(=O)O)c1ccc(C(F)(F)F)nc1. The average molecular weight is 330 g/mol. The highest BCUT2D eigenvalue weighted by molar-refractivity contribution is 5.96. The van der Waals surface area contributed by atoms with E-state index in [0.717, 1.165) is 0 Å². The van der Waals surface area contributed by atoms with Crippen LogP contribution in [0.2, 0.25) is 0 Å². The van der Waals surface area contributed by atoms with Gasteiger partial charge in [0, 0.05) is 6.20 Å². The molecule has 1 aromatic heterocycles. The summed E-state index contributed by atoms with van der Waals surface area (Å²) in [7, 11) is 0. The van der Waals surface area contributed by atoms with Crippen molar-refractivity contribution in [3.8, 4) is 0 Å². The number of rotatable bonds is 4. The van der Waals surface area contributed by atoms with E-state index in [0.29, 0.717) is 18.3 Å². The Labute approximate surface area is 119 Å². The van der Waals surface area contributed by atoms with Gasteiger partial charge in [0.2, 0.25) is 0 Å². The lowest BCUT2D eigenvalue weighted by Gasteiger charge is -2.16. The first kappa shape index (κ1) is 17.7. The third kappa shape index (κ3) is 5.22. The van der Waals surface area contributed by atoms with Gasteiger partial charge in [-0.25, -0.2) is 4.79 Å². The van der Waals surface area contributed by atoms with E-state index in [1.165, 1.54) is 0 Å². The minimum absolute atomic E-state index is 0.453. The molecule has 5 nitrogen and oxygen atoms in total. The summed E-state index contributed by atoms with van der Waals surface area (Å²) >= 11 is 0. The van der Waals surface area contributed by atoms with Gasteiger partial charge >= 0.3 is 18.3 Å². The number of hydrogen-bond donors (Lipinski definition) is 2. The van der Waals surface area contributed by atoms with Gasteiger partial charge in [-0.2, -0.15) is 26.3 Å². The third-order valence-electron chi connectivity index (χ3n) is 2.36. The number of nitrogens with zero attached hydrogens (tertiary/aromatic N) is 1. The molecule has 22 heavy (non-hydrogen) atoms. The zero-order valence-electron chi connectivity index (χ0n) is 10.5. The highest BCUT2D eigenvalue weighted by Gasteiger charge is 2.36. The van der Waals surface area contributed by atoms with Crippen LogP contribution in [-0.4, -0.2) is 34.2 Å². The molecule has 1 rings (SSSR count). The van der Waals surface area contributed by atoms with E-state index < -0.39 is 47.9 Å². The Hall–Kier alpha value is -2.33. The first-order valence-corrected chi connectivity index (χ1v) is 5.54. The van der Waals surface area contributed by atoms with Crippen LogP contribution in [0.15, 0.2) is 18.3 Å². The number of carboxylic acid groups (broad SMARTS) is 1. The topological polar surface area (TPSA) is 79.3 Å². The Morgan fingerprint density at radius 2 is 1.77 bits per heavy atom. The molecule has 0 aliphatic heterocycles. The second kappa shape index (κ2) is 6.20. The van der Waals surface area contributed by atoms with Crippen LogP contribution in [0.4, 0.5) is 26.3 Å². The fourth-order valence-corrected chi connectivity index (χ4v) is 1.37. The maximum atomic E-state index is 12.3. The zero-order valence-corrected chi connectivity index (χ0v) is 10.5. The number of carbonyl (C=O) groups excluding carboxylic acids is 1. The van der Waals surface area contributed by atoms with Crippen molar-refractivity contribution in [3.05, 3.63) is 29.6 Å². The molecule has 0 aliphatic carbocycles. The van der Waals surface area contributed by atoms with Crippen LogP contribution in [0, 0.1) is 0 Å². The summed E-state index contributed by atoms with van der Waals surface area (Å²) in [5.41, 5.74) is -1.80. The Morgan fingerprint density at radius 3 is 2.14 bits per heavy atom. The van der Waals surface area contributed by atoms with E-state index >= 15 is 0 Å². The molecule has 1 unspecified atom stereocenters. The number of aromatic nitrogens is 1. The zero-order chi connectivity index (χ0) is 17.1. The van der Waals surface area contributed by atoms with Gasteiger partial charge in [0.05, 0.1) is 12.0 Å². The number of nitrogens with one attached hydrogen (secondary N) is 1. The fourth-order valence-electron chi connectivity index (χ4n) is 1.37. The molecule has 2 N–H and O–H groups in total. The average Bonchev–Trinajstić information content (AvgIpc) is 2.35. The van der Waals surface area contributed by atoms with Crippen LogP contribution < -0.4 is 5.32 Å². The number of aliphatic carboxylic acids is 1. The van der Waals surface area contributed by atoms with E-state index in [-0.39, 0.29) is 0 Å². The molecule has 1 heterocycles. The molecule has 0 aliphatic rings. The number of pyridine rings is 1. The van der Waals surface area contributed by atoms with Gasteiger partial charge < -0.3 is 10.4 Å². The molecule has 0 saturated heterocycles. The monoisotopic (exact) mass is 330 g/mol. The van der Waals surface area contributed by atoms with Crippen LogP contribution in [0.25, 0.3) is 0 Å². The van der Waals surface area contributed by atoms with Crippen LogP contribution in [0.5, 0.6) is 0 Å². The lowest BCUT2D eigenvalue weighted by molar-refractivity contribution is -0.157. The molecule has 0 saturated carbocycles. The number of alkyl halides is 6. The van der Waals surface area contributed by atoms with Crippen molar-refractivity contribution in [1.29, 1.82) is 0 Å².